The van der Waals surface area contributed by atoms with Crippen LogP contribution in [-0.4, -0.2) is 52.3 Å². The van der Waals surface area contributed by atoms with Crippen molar-refractivity contribution < 1.29 is 38.1 Å². The molecule has 4 rings (SSSR count). The molecule has 10 heteroatoms. The first kappa shape index (κ1) is 26.3. The number of amides is 2. The number of hydrogen-bond donors (Lipinski definition) is 1. The van der Waals surface area contributed by atoms with Crippen molar-refractivity contribution in [3.05, 3.63) is 66.7 Å². The molecule has 0 radical (unpaired) electrons. The van der Waals surface area contributed by atoms with Crippen LogP contribution in [0, 0.1) is 5.92 Å². The van der Waals surface area contributed by atoms with E-state index in [2.05, 4.69) is 5.32 Å². The fraction of sp³-hybridized carbons (Fsp3) is 0.250. The largest absolute Gasteiger partial charge is 0.497 e. The lowest BCUT2D eigenvalue weighted by Gasteiger charge is -2.17. The van der Waals surface area contributed by atoms with E-state index in [1.54, 1.807) is 61.7 Å². The molecule has 0 spiro atoms. The predicted octanol–water partition coefficient (Wildman–Crippen LogP) is 4.04. The van der Waals surface area contributed by atoms with Crippen LogP contribution in [0.1, 0.15) is 6.42 Å². The van der Waals surface area contributed by atoms with Gasteiger partial charge in [-0.25, -0.2) is 0 Å². The molecule has 10 nitrogen and oxygen atoms in total. The molecule has 0 aromatic heterocycles. The molecule has 1 N–H and O–H groups in total. The van der Waals surface area contributed by atoms with Gasteiger partial charge in [-0.3, -0.25) is 14.4 Å². The molecule has 38 heavy (non-hydrogen) atoms. The van der Waals surface area contributed by atoms with Crippen LogP contribution in [0.15, 0.2) is 66.7 Å². The van der Waals surface area contributed by atoms with Crippen molar-refractivity contribution in [3.63, 3.8) is 0 Å². The van der Waals surface area contributed by atoms with E-state index in [-0.39, 0.29) is 18.9 Å². The number of carbonyl (C=O) groups is 3. The summed E-state index contributed by atoms with van der Waals surface area (Å²) in [6.45, 7) is -0.353. The number of rotatable bonds is 10. The first-order valence-electron chi connectivity index (χ1n) is 11.8. The van der Waals surface area contributed by atoms with Gasteiger partial charge in [-0.1, -0.05) is 12.1 Å². The zero-order chi connectivity index (χ0) is 27.1. The third-order valence-corrected chi connectivity index (χ3v) is 5.93. The molecule has 0 saturated carbocycles. The molecule has 1 heterocycles. The lowest BCUT2D eigenvalue weighted by Crippen LogP contribution is -2.28. The van der Waals surface area contributed by atoms with Gasteiger partial charge < -0.3 is 33.9 Å². The Morgan fingerprint density at radius 1 is 0.868 bits per heavy atom. The summed E-state index contributed by atoms with van der Waals surface area (Å²) in [7, 11) is 4.54. The normalized spacial score (nSPS) is 14.6. The quantitative estimate of drug-likeness (QED) is 0.399. The standard InChI is InChI=1S/C28H28N2O8/c1-34-21-12-13-23(35-2)22(15-21)29-26(31)17-37-28(33)18-14-27(32)30(16-18)19-8-10-20(11-9-19)38-25-7-5-4-6-24(25)36-3/h4-13,15,18H,14,16-17H2,1-3H3,(H,29,31)/t18-/m1/s1. The molecule has 1 fully saturated rings. The van der Waals surface area contributed by atoms with E-state index in [1.807, 2.05) is 12.1 Å². The van der Waals surface area contributed by atoms with E-state index >= 15 is 0 Å². The maximum absolute atomic E-state index is 12.6. The lowest BCUT2D eigenvalue weighted by molar-refractivity contribution is -0.151. The first-order valence-corrected chi connectivity index (χ1v) is 11.8. The monoisotopic (exact) mass is 520 g/mol. The second-order valence-corrected chi connectivity index (χ2v) is 8.37. The van der Waals surface area contributed by atoms with Crippen LogP contribution in [0.3, 0.4) is 0 Å². The molecule has 1 aliphatic heterocycles. The number of ether oxygens (including phenoxy) is 5. The summed E-state index contributed by atoms with van der Waals surface area (Å²) in [5.74, 6) is 0.632. The summed E-state index contributed by atoms with van der Waals surface area (Å²) in [6.07, 6.45) is -0.0103. The molecule has 1 saturated heterocycles. The van der Waals surface area contributed by atoms with Gasteiger partial charge in [0, 0.05) is 24.7 Å². The van der Waals surface area contributed by atoms with Gasteiger partial charge in [0.25, 0.3) is 5.91 Å². The number of anilines is 2. The molecule has 1 atom stereocenters. The predicted molar refractivity (Wildman–Crippen MR) is 139 cm³/mol. The number of nitrogens with one attached hydrogen (secondary N) is 1. The Labute approximate surface area is 220 Å². The van der Waals surface area contributed by atoms with Crippen molar-refractivity contribution in [2.75, 3.05) is 44.7 Å². The second kappa shape index (κ2) is 12.0. The topological polar surface area (TPSA) is 113 Å². The van der Waals surface area contributed by atoms with Gasteiger partial charge in [0.05, 0.1) is 32.9 Å². The molecule has 0 unspecified atom stereocenters. The number of carbonyl (C=O) groups excluding carboxylic acids is 3. The highest BCUT2D eigenvalue weighted by Gasteiger charge is 2.36. The summed E-state index contributed by atoms with van der Waals surface area (Å²) in [5, 5.41) is 2.64. The molecular formula is C28H28N2O8. The molecule has 198 valence electrons. The number of nitrogens with zero attached hydrogens (tertiary/aromatic N) is 1. The molecule has 0 bridgehead atoms. The van der Waals surface area contributed by atoms with E-state index in [1.165, 1.54) is 19.1 Å². The SMILES string of the molecule is COc1ccc(OC)c(NC(=O)COC(=O)[C@@H]2CC(=O)N(c3ccc(Oc4ccccc4OC)cc3)C2)c1. The van der Waals surface area contributed by atoms with Crippen LogP contribution in [0.5, 0.6) is 28.7 Å². The minimum absolute atomic E-state index is 0.0103. The lowest BCUT2D eigenvalue weighted by atomic mass is 10.1. The van der Waals surface area contributed by atoms with Gasteiger partial charge >= 0.3 is 5.97 Å². The number of benzene rings is 3. The Morgan fingerprint density at radius 2 is 1.55 bits per heavy atom. The van der Waals surface area contributed by atoms with Crippen molar-refractivity contribution in [3.8, 4) is 28.7 Å². The minimum atomic E-state index is -0.689. The molecule has 3 aromatic rings. The van der Waals surface area contributed by atoms with Crippen LogP contribution in [0.4, 0.5) is 11.4 Å². The Hall–Kier alpha value is -4.73. The summed E-state index contributed by atoms with van der Waals surface area (Å²) >= 11 is 0. The molecular weight excluding hydrogens is 492 g/mol. The summed E-state index contributed by atoms with van der Waals surface area (Å²) in [6, 6.07) is 19.2. The van der Waals surface area contributed by atoms with Gasteiger partial charge in [0.2, 0.25) is 5.91 Å². The van der Waals surface area contributed by atoms with Crippen molar-refractivity contribution in [2.24, 2.45) is 5.92 Å². The van der Waals surface area contributed by atoms with Gasteiger partial charge in [-0.15, -0.1) is 0 Å². The van der Waals surface area contributed by atoms with Crippen LogP contribution < -0.4 is 29.2 Å². The van der Waals surface area contributed by atoms with Crippen LogP contribution >= 0.6 is 0 Å². The zero-order valence-electron chi connectivity index (χ0n) is 21.3. The highest BCUT2D eigenvalue weighted by molar-refractivity contribution is 6.00. The van der Waals surface area contributed by atoms with Crippen molar-refractivity contribution in [1.29, 1.82) is 0 Å². The molecule has 1 aliphatic rings. The Kier molecular flexibility index (Phi) is 8.32. The summed E-state index contributed by atoms with van der Waals surface area (Å²) in [5.41, 5.74) is 1.01. The minimum Gasteiger partial charge on any atom is -0.497 e. The van der Waals surface area contributed by atoms with E-state index in [0.29, 0.717) is 40.1 Å². The van der Waals surface area contributed by atoms with Crippen LogP contribution in [0.25, 0.3) is 0 Å². The van der Waals surface area contributed by atoms with Gasteiger partial charge in [-0.05, 0) is 48.5 Å². The summed E-state index contributed by atoms with van der Waals surface area (Å²) in [4.78, 5) is 39.1. The van der Waals surface area contributed by atoms with Gasteiger partial charge in [0.1, 0.15) is 17.2 Å². The van der Waals surface area contributed by atoms with E-state index < -0.39 is 24.4 Å². The maximum atomic E-state index is 12.6. The first-order chi connectivity index (χ1) is 18.4. The Balaban J connectivity index is 1.31. The number of para-hydroxylation sites is 2. The van der Waals surface area contributed by atoms with Gasteiger partial charge in [0.15, 0.2) is 18.1 Å². The highest BCUT2D eigenvalue weighted by atomic mass is 16.5. The molecule has 2 amide bonds. The van der Waals surface area contributed by atoms with E-state index in [4.69, 9.17) is 23.7 Å². The number of hydrogen-bond acceptors (Lipinski definition) is 8. The van der Waals surface area contributed by atoms with Crippen LogP contribution in [-0.2, 0) is 19.1 Å². The Bertz CT molecular complexity index is 1310. The second-order valence-electron chi connectivity index (χ2n) is 8.37. The molecule has 3 aromatic carbocycles. The average Bonchev–Trinajstić information content (AvgIpc) is 3.34. The smallest absolute Gasteiger partial charge is 0.311 e. The number of methoxy groups -OCH3 is 3. The zero-order valence-corrected chi connectivity index (χ0v) is 21.3. The third-order valence-electron chi connectivity index (χ3n) is 5.93. The van der Waals surface area contributed by atoms with Gasteiger partial charge in [-0.2, -0.15) is 0 Å². The third kappa shape index (κ3) is 6.15. The van der Waals surface area contributed by atoms with E-state index in [9.17, 15) is 14.4 Å². The number of esters is 1. The van der Waals surface area contributed by atoms with E-state index in [0.717, 1.165) is 0 Å². The highest BCUT2D eigenvalue weighted by Crippen LogP contribution is 2.33. The maximum Gasteiger partial charge on any atom is 0.311 e. The fourth-order valence-corrected chi connectivity index (χ4v) is 3.99. The van der Waals surface area contributed by atoms with Crippen molar-refractivity contribution in [1.82, 2.24) is 0 Å². The average molecular weight is 521 g/mol. The fourth-order valence-electron chi connectivity index (χ4n) is 3.99. The summed E-state index contributed by atoms with van der Waals surface area (Å²) < 4.78 is 26.8. The van der Waals surface area contributed by atoms with Crippen LogP contribution in [0.2, 0.25) is 0 Å². The molecule has 0 aliphatic carbocycles. The van der Waals surface area contributed by atoms with Crippen molar-refractivity contribution >= 4 is 29.2 Å². The Morgan fingerprint density at radius 3 is 2.24 bits per heavy atom. The van der Waals surface area contributed by atoms with Crippen molar-refractivity contribution in [2.45, 2.75) is 6.42 Å².